The Balaban J connectivity index is 1.71. The Labute approximate surface area is 128 Å². The van der Waals surface area contributed by atoms with Crippen molar-refractivity contribution in [3.05, 3.63) is 23.4 Å². The maximum absolute atomic E-state index is 5.84. The van der Waals surface area contributed by atoms with Gasteiger partial charge >= 0.3 is 0 Å². The van der Waals surface area contributed by atoms with Gasteiger partial charge in [-0.15, -0.1) is 0 Å². The first-order valence-corrected chi connectivity index (χ1v) is 8.69. The summed E-state index contributed by atoms with van der Waals surface area (Å²) in [6.07, 6.45) is 10.9. The summed E-state index contributed by atoms with van der Waals surface area (Å²) in [7, 11) is 0. The van der Waals surface area contributed by atoms with Crippen LogP contribution in [0.25, 0.3) is 0 Å². The summed E-state index contributed by atoms with van der Waals surface area (Å²) < 4.78 is 0. The van der Waals surface area contributed by atoms with E-state index in [1.807, 2.05) is 0 Å². The molecule has 2 heterocycles. The summed E-state index contributed by atoms with van der Waals surface area (Å²) in [6.45, 7) is 5.12. The van der Waals surface area contributed by atoms with Crippen LogP contribution in [0.15, 0.2) is 12.1 Å². The number of anilines is 1. The van der Waals surface area contributed by atoms with Crippen molar-refractivity contribution >= 4 is 5.82 Å². The van der Waals surface area contributed by atoms with Crippen LogP contribution < -0.4 is 10.6 Å². The lowest BCUT2D eigenvalue weighted by Gasteiger charge is -2.44. The Bertz CT molecular complexity index is 445. The lowest BCUT2D eigenvalue weighted by Crippen LogP contribution is -2.41. The van der Waals surface area contributed by atoms with Gasteiger partial charge in [-0.2, -0.15) is 0 Å². The minimum Gasteiger partial charge on any atom is -0.357 e. The summed E-state index contributed by atoms with van der Waals surface area (Å²) in [5.74, 6) is 1.15. The van der Waals surface area contributed by atoms with E-state index < -0.39 is 0 Å². The van der Waals surface area contributed by atoms with E-state index in [2.05, 4.69) is 24.0 Å². The zero-order valence-corrected chi connectivity index (χ0v) is 13.4. The number of nitrogens with two attached hydrogens (primary N) is 1. The molecule has 116 valence electrons. The van der Waals surface area contributed by atoms with Gasteiger partial charge in [0.2, 0.25) is 0 Å². The van der Waals surface area contributed by atoms with Gasteiger partial charge in [-0.1, -0.05) is 26.2 Å². The van der Waals surface area contributed by atoms with Gasteiger partial charge in [0.25, 0.3) is 0 Å². The second-order valence-electron chi connectivity index (χ2n) is 6.93. The molecule has 2 N–H and O–H groups in total. The number of pyridine rings is 1. The maximum Gasteiger partial charge on any atom is 0.129 e. The van der Waals surface area contributed by atoms with Crippen LogP contribution in [0.5, 0.6) is 0 Å². The van der Waals surface area contributed by atoms with Gasteiger partial charge in [-0.3, -0.25) is 0 Å². The van der Waals surface area contributed by atoms with Gasteiger partial charge in [0, 0.05) is 25.3 Å². The van der Waals surface area contributed by atoms with Gasteiger partial charge < -0.3 is 10.6 Å². The second kappa shape index (κ2) is 6.35. The Morgan fingerprint density at radius 1 is 1.10 bits per heavy atom. The molecule has 0 radical (unpaired) electrons. The molecular weight excluding hydrogens is 258 g/mol. The monoisotopic (exact) mass is 287 g/mol. The average molecular weight is 287 g/mol. The predicted octanol–water partition coefficient (Wildman–Crippen LogP) is 3.65. The van der Waals surface area contributed by atoms with E-state index in [0.717, 1.165) is 12.2 Å². The van der Waals surface area contributed by atoms with E-state index in [1.165, 1.54) is 69.3 Å². The van der Waals surface area contributed by atoms with Gasteiger partial charge in [0.15, 0.2) is 0 Å². The molecule has 0 atom stereocenters. The fourth-order valence-corrected chi connectivity index (χ4v) is 4.11. The molecule has 2 aliphatic rings. The molecule has 21 heavy (non-hydrogen) atoms. The molecule has 0 amide bonds. The molecule has 1 saturated heterocycles. The molecule has 1 aliphatic carbocycles. The van der Waals surface area contributed by atoms with Crippen LogP contribution >= 0.6 is 0 Å². The number of hydrogen-bond donors (Lipinski definition) is 1. The van der Waals surface area contributed by atoms with Gasteiger partial charge in [-0.25, -0.2) is 4.98 Å². The second-order valence-corrected chi connectivity index (χ2v) is 6.93. The van der Waals surface area contributed by atoms with Crippen molar-refractivity contribution < 1.29 is 0 Å². The van der Waals surface area contributed by atoms with Crippen LogP contribution in [-0.2, 0) is 13.0 Å². The van der Waals surface area contributed by atoms with Crippen molar-refractivity contribution in [1.82, 2.24) is 4.98 Å². The van der Waals surface area contributed by atoms with Crippen molar-refractivity contribution in [2.24, 2.45) is 11.1 Å². The molecule has 1 aliphatic heterocycles. The first kappa shape index (κ1) is 14.8. The van der Waals surface area contributed by atoms with Crippen molar-refractivity contribution in [2.45, 2.75) is 64.8 Å². The van der Waals surface area contributed by atoms with E-state index in [1.54, 1.807) is 0 Å². The topological polar surface area (TPSA) is 42.1 Å². The predicted molar refractivity (Wildman–Crippen MR) is 88.5 cm³/mol. The standard InChI is InChI=1S/C18H29N3/c1-2-16-12-15(14-19)13-17(20-16)21-10-8-18(9-11-21)6-4-3-5-7-18/h12-13H,2-11,14,19H2,1H3. The molecular formula is C18H29N3. The summed E-state index contributed by atoms with van der Waals surface area (Å²) in [5.41, 5.74) is 8.89. The van der Waals surface area contributed by atoms with Crippen molar-refractivity contribution in [2.75, 3.05) is 18.0 Å². The number of nitrogens with zero attached hydrogens (tertiary/aromatic N) is 2. The SMILES string of the molecule is CCc1cc(CN)cc(N2CCC3(CCCCC3)CC2)n1. The molecule has 3 heteroatoms. The molecule has 3 nitrogen and oxygen atoms in total. The molecule has 1 saturated carbocycles. The lowest BCUT2D eigenvalue weighted by atomic mass is 9.68. The van der Waals surface area contributed by atoms with Crippen LogP contribution in [0.1, 0.15) is 63.1 Å². The minimum absolute atomic E-state index is 0.611. The first-order valence-electron chi connectivity index (χ1n) is 8.69. The van der Waals surface area contributed by atoms with Crippen LogP contribution in [0.4, 0.5) is 5.82 Å². The maximum atomic E-state index is 5.84. The molecule has 1 spiro atoms. The quantitative estimate of drug-likeness (QED) is 0.922. The highest BCUT2D eigenvalue weighted by molar-refractivity contribution is 5.43. The van der Waals surface area contributed by atoms with Gasteiger partial charge in [0.1, 0.15) is 5.82 Å². The van der Waals surface area contributed by atoms with Crippen molar-refractivity contribution in [3.8, 4) is 0 Å². The van der Waals surface area contributed by atoms with E-state index >= 15 is 0 Å². The van der Waals surface area contributed by atoms with Gasteiger partial charge in [-0.05, 0) is 55.2 Å². The van der Waals surface area contributed by atoms with E-state index in [0.29, 0.717) is 12.0 Å². The first-order chi connectivity index (χ1) is 10.2. The summed E-state index contributed by atoms with van der Waals surface area (Å²) in [6, 6.07) is 4.34. The average Bonchev–Trinajstić information content (AvgIpc) is 2.55. The summed E-state index contributed by atoms with van der Waals surface area (Å²) >= 11 is 0. The van der Waals surface area contributed by atoms with E-state index in [4.69, 9.17) is 10.7 Å². The normalized spacial score (nSPS) is 21.7. The zero-order chi connectivity index (χ0) is 14.7. The molecule has 0 bridgehead atoms. The minimum atomic E-state index is 0.611. The van der Waals surface area contributed by atoms with Crippen LogP contribution in [0.2, 0.25) is 0 Å². The molecule has 0 unspecified atom stereocenters. The van der Waals surface area contributed by atoms with E-state index in [-0.39, 0.29) is 0 Å². The van der Waals surface area contributed by atoms with Crippen LogP contribution in [0.3, 0.4) is 0 Å². The largest absolute Gasteiger partial charge is 0.357 e. The molecule has 3 rings (SSSR count). The van der Waals surface area contributed by atoms with Crippen LogP contribution in [0, 0.1) is 5.41 Å². The summed E-state index contributed by atoms with van der Waals surface area (Å²) in [5, 5.41) is 0. The number of hydrogen-bond acceptors (Lipinski definition) is 3. The molecule has 1 aromatic heterocycles. The third-order valence-electron chi connectivity index (χ3n) is 5.58. The lowest BCUT2D eigenvalue weighted by molar-refractivity contribution is 0.144. The fraction of sp³-hybridized carbons (Fsp3) is 0.722. The Morgan fingerprint density at radius 2 is 1.81 bits per heavy atom. The van der Waals surface area contributed by atoms with Crippen LogP contribution in [-0.4, -0.2) is 18.1 Å². The molecule has 1 aromatic rings. The summed E-state index contributed by atoms with van der Waals surface area (Å²) in [4.78, 5) is 7.31. The van der Waals surface area contributed by atoms with Gasteiger partial charge in [0.05, 0.1) is 0 Å². The highest BCUT2D eigenvalue weighted by Gasteiger charge is 2.35. The van der Waals surface area contributed by atoms with Crippen molar-refractivity contribution in [3.63, 3.8) is 0 Å². The Kier molecular flexibility index (Phi) is 4.48. The number of aryl methyl sites for hydroxylation is 1. The number of rotatable bonds is 3. The zero-order valence-electron chi connectivity index (χ0n) is 13.4. The smallest absolute Gasteiger partial charge is 0.129 e. The molecule has 2 fully saturated rings. The highest BCUT2D eigenvalue weighted by atomic mass is 15.2. The van der Waals surface area contributed by atoms with Crippen molar-refractivity contribution in [1.29, 1.82) is 0 Å². The highest BCUT2D eigenvalue weighted by Crippen LogP contribution is 2.44. The number of piperidine rings is 1. The number of aromatic nitrogens is 1. The Hall–Kier alpha value is -1.09. The third-order valence-corrected chi connectivity index (χ3v) is 5.58. The third kappa shape index (κ3) is 3.23. The molecule has 0 aromatic carbocycles. The fourth-order valence-electron chi connectivity index (χ4n) is 4.11. The Morgan fingerprint density at radius 3 is 2.43 bits per heavy atom. The van der Waals surface area contributed by atoms with E-state index in [9.17, 15) is 0 Å².